The number of benzene rings is 2. The van der Waals surface area contributed by atoms with Gasteiger partial charge in [-0.3, -0.25) is 9.59 Å². The highest BCUT2D eigenvalue weighted by Crippen LogP contribution is 2.27. The maximum atomic E-state index is 14.2. The number of hydrogen-bond donors (Lipinski definition) is 2. The van der Waals surface area contributed by atoms with E-state index in [2.05, 4.69) is 10.6 Å². The summed E-state index contributed by atoms with van der Waals surface area (Å²) in [6.07, 6.45) is 0.306. The minimum Gasteiger partial charge on any atom is -0.490 e. The van der Waals surface area contributed by atoms with Gasteiger partial charge in [0.15, 0.2) is 0 Å². The Hall–Kier alpha value is -2.35. The number of amides is 2. The largest absolute Gasteiger partial charge is 0.490 e. The Morgan fingerprint density at radius 3 is 2.44 bits per heavy atom. The molecule has 2 rings (SSSR count). The molecular weight excluding hydrogens is 456 g/mol. The molecule has 0 bridgehead atoms. The average Bonchev–Trinajstić information content (AvgIpc) is 2.73. The quantitative estimate of drug-likeness (QED) is 0.536. The van der Waals surface area contributed by atoms with Crippen molar-refractivity contribution in [3.63, 3.8) is 0 Å². The molecule has 0 heterocycles. The first-order chi connectivity index (χ1) is 15.1. The molecule has 9 heteroatoms. The van der Waals surface area contributed by atoms with Crippen LogP contribution in [0.5, 0.6) is 5.75 Å². The molecule has 0 radical (unpaired) electrons. The summed E-state index contributed by atoms with van der Waals surface area (Å²) in [4.78, 5) is 26.0. The van der Waals surface area contributed by atoms with E-state index < -0.39 is 11.7 Å². The zero-order valence-corrected chi connectivity index (χ0v) is 20.1. The van der Waals surface area contributed by atoms with Crippen LogP contribution in [-0.4, -0.2) is 56.5 Å². The molecular formula is C23H28Cl2FN3O3. The number of hydrogen-bond acceptors (Lipinski definition) is 4. The van der Waals surface area contributed by atoms with E-state index in [1.54, 1.807) is 31.2 Å². The van der Waals surface area contributed by atoms with Gasteiger partial charge in [-0.1, -0.05) is 29.3 Å². The summed E-state index contributed by atoms with van der Waals surface area (Å²) >= 11 is 11.9. The predicted molar refractivity (Wildman–Crippen MR) is 125 cm³/mol. The number of halogens is 3. The summed E-state index contributed by atoms with van der Waals surface area (Å²) in [5, 5.41) is 6.14. The molecule has 0 spiro atoms. The van der Waals surface area contributed by atoms with Crippen LogP contribution in [0, 0.1) is 5.82 Å². The Morgan fingerprint density at radius 1 is 1.12 bits per heavy atom. The minimum absolute atomic E-state index is 0.00178. The molecule has 0 aliphatic heterocycles. The highest BCUT2D eigenvalue weighted by Gasteiger charge is 2.18. The molecule has 0 aromatic heterocycles. The lowest BCUT2D eigenvalue weighted by Crippen LogP contribution is -2.42. The fourth-order valence-electron chi connectivity index (χ4n) is 3.10. The lowest BCUT2D eigenvalue weighted by molar-refractivity contribution is -0.122. The van der Waals surface area contributed by atoms with Crippen LogP contribution >= 0.6 is 23.2 Å². The van der Waals surface area contributed by atoms with Gasteiger partial charge in [-0.05, 0) is 57.3 Å². The zero-order chi connectivity index (χ0) is 23.8. The van der Waals surface area contributed by atoms with Crippen molar-refractivity contribution in [2.24, 2.45) is 0 Å². The molecule has 2 atom stereocenters. The van der Waals surface area contributed by atoms with E-state index in [0.29, 0.717) is 28.8 Å². The van der Waals surface area contributed by atoms with Gasteiger partial charge in [0.25, 0.3) is 5.91 Å². The van der Waals surface area contributed by atoms with Crippen molar-refractivity contribution < 1.29 is 18.7 Å². The molecule has 6 nitrogen and oxygen atoms in total. The molecule has 2 N–H and O–H groups in total. The van der Waals surface area contributed by atoms with Crippen molar-refractivity contribution >= 4 is 35.0 Å². The monoisotopic (exact) mass is 483 g/mol. The second kappa shape index (κ2) is 12.0. The summed E-state index contributed by atoms with van der Waals surface area (Å²) < 4.78 is 20.0. The molecule has 2 aromatic rings. The highest BCUT2D eigenvalue weighted by atomic mass is 35.5. The number of rotatable bonds is 10. The third-order valence-electron chi connectivity index (χ3n) is 4.94. The number of likely N-dealkylation sites (N-methyl/N-ethyl adjacent to an activating group) is 1. The summed E-state index contributed by atoms with van der Waals surface area (Å²) in [6.45, 7) is 2.17. The van der Waals surface area contributed by atoms with Crippen LogP contribution in [0.3, 0.4) is 0 Å². The first-order valence-corrected chi connectivity index (χ1v) is 10.9. The normalized spacial score (nSPS) is 12.9. The summed E-state index contributed by atoms with van der Waals surface area (Å²) in [5.74, 6) is -0.669. The first kappa shape index (κ1) is 25.9. The van der Waals surface area contributed by atoms with Gasteiger partial charge in [-0.2, -0.15) is 0 Å². The van der Waals surface area contributed by atoms with Crippen molar-refractivity contribution in [2.75, 3.05) is 27.7 Å². The average molecular weight is 484 g/mol. The number of ether oxygens (including phenoxy) is 1. The van der Waals surface area contributed by atoms with Gasteiger partial charge in [0.05, 0.1) is 22.0 Å². The molecule has 0 saturated heterocycles. The van der Waals surface area contributed by atoms with Gasteiger partial charge in [0.2, 0.25) is 5.91 Å². The van der Waals surface area contributed by atoms with E-state index in [9.17, 15) is 14.0 Å². The molecule has 32 heavy (non-hydrogen) atoms. The Balaban J connectivity index is 1.90. The van der Waals surface area contributed by atoms with Crippen LogP contribution in [0.4, 0.5) is 4.39 Å². The summed E-state index contributed by atoms with van der Waals surface area (Å²) in [5.41, 5.74) is 0.737. The molecule has 0 aliphatic rings. The SMILES string of the molecule is CNC(=O)c1ccc(C[C@@H](CNC(=O)C[C@H](C)Oc2ccc(Cl)c(Cl)c2)N(C)C)cc1F. The molecule has 174 valence electrons. The Bertz CT molecular complexity index is 956. The van der Waals surface area contributed by atoms with E-state index in [4.69, 9.17) is 27.9 Å². The van der Waals surface area contributed by atoms with Crippen molar-refractivity contribution in [1.29, 1.82) is 0 Å². The van der Waals surface area contributed by atoms with Gasteiger partial charge < -0.3 is 20.3 Å². The number of carbonyl (C=O) groups is 2. The lowest BCUT2D eigenvalue weighted by Gasteiger charge is -2.25. The molecule has 2 aromatic carbocycles. The number of nitrogens with zero attached hydrogens (tertiary/aromatic N) is 1. The second-order valence-corrected chi connectivity index (χ2v) is 8.54. The van der Waals surface area contributed by atoms with E-state index >= 15 is 0 Å². The van der Waals surface area contributed by atoms with E-state index in [1.165, 1.54) is 19.2 Å². The van der Waals surface area contributed by atoms with Gasteiger partial charge in [-0.25, -0.2) is 4.39 Å². The fourth-order valence-corrected chi connectivity index (χ4v) is 3.39. The Labute approximate surface area is 198 Å². The van der Waals surface area contributed by atoms with Crippen LogP contribution in [0.25, 0.3) is 0 Å². The van der Waals surface area contributed by atoms with Crippen LogP contribution in [0.1, 0.15) is 29.3 Å². The standard InChI is InChI=1S/C23H28Cl2FN3O3/c1-14(32-17-6-8-19(24)20(25)12-17)9-22(30)28-13-16(29(3)4)10-15-5-7-18(21(26)11-15)23(31)27-2/h5-8,11-12,14,16H,9-10,13H2,1-4H3,(H,27,31)(H,28,30)/t14-,16-/m0/s1. The summed E-state index contributed by atoms with van der Waals surface area (Å²) in [6, 6.07) is 9.42. The van der Waals surface area contributed by atoms with Gasteiger partial charge in [0.1, 0.15) is 17.7 Å². The van der Waals surface area contributed by atoms with E-state index in [1.807, 2.05) is 19.0 Å². The van der Waals surface area contributed by atoms with Gasteiger partial charge >= 0.3 is 0 Å². The second-order valence-electron chi connectivity index (χ2n) is 7.73. The van der Waals surface area contributed by atoms with E-state index in [-0.39, 0.29) is 30.0 Å². The van der Waals surface area contributed by atoms with Crippen molar-refractivity contribution in [1.82, 2.24) is 15.5 Å². The molecule has 0 saturated carbocycles. The molecule has 0 aliphatic carbocycles. The van der Waals surface area contributed by atoms with Crippen LogP contribution in [0.2, 0.25) is 10.0 Å². The number of nitrogens with one attached hydrogen (secondary N) is 2. The highest BCUT2D eigenvalue weighted by molar-refractivity contribution is 6.42. The van der Waals surface area contributed by atoms with Crippen LogP contribution < -0.4 is 15.4 Å². The third kappa shape index (κ3) is 7.65. The predicted octanol–water partition coefficient (Wildman–Crippen LogP) is 3.94. The maximum absolute atomic E-state index is 14.2. The smallest absolute Gasteiger partial charge is 0.253 e. The third-order valence-corrected chi connectivity index (χ3v) is 5.68. The minimum atomic E-state index is -0.573. The molecule has 0 fully saturated rings. The molecule has 2 amide bonds. The van der Waals surface area contributed by atoms with Crippen LogP contribution in [0.15, 0.2) is 36.4 Å². The maximum Gasteiger partial charge on any atom is 0.253 e. The van der Waals surface area contributed by atoms with Crippen molar-refractivity contribution in [3.05, 3.63) is 63.4 Å². The van der Waals surface area contributed by atoms with Crippen molar-refractivity contribution in [2.45, 2.75) is 31.9 Å². The first-order valence-electron chi connectivity index (χ1n) is 10.2. The molecule has 0 unspecified atom stereocenters. The Morgan fingerprint density at radius 2 is 1.84 bits per heavy atom. The Kier molecular flexibility index (Phi) is 9.75. The van der Waals surface area contributed by atoms with Crippen molar-refractivity contribution in [3.8, 4) is 5.75 Å². The summed E-state index contributed by atoms with van der Waals surface area (Å²) in [7, 11) is 5.24. The topological polar surface area (TPSA) is 70.7 Å². The lowest BCUT2D eigenvalue weighted by atomic mass is 10.0. The van der Waals surface area contributed by atoms with Gasteiger partial charge in [-0.15, -0.1) is 0 Å². The number of carbonyl (C=O) groups excluding carboxylic acids is 2. The van der Waals surface area contributed by atoms with Gasteiger partial charge in [0, 0.05) is 25.7 Å². The fraction of sp³-hybridized carbons (Fsp3) is 0.391. The van der Waals surface area contributed by atoms with Crippen LogP contribution in [-0.2, 0) is 11.2 Å². The van der Waals surface area contributed by atoms with E-state index in [0.717, 1.165) is 5.56 Å². The zero-order valence-electron chi connectivity index (χ0n) is 18.5.